The summed E-state index contributed by atoms with van der Waals surface area (Å²) in [5.41, 5.74) is 1.26. The summed E-state index contributed by atoms with van der Waals surface area (Å²) in [6.07, 6.45) is 5.67. The van der Waals surface area contributed by atoms with Gasteiger partial charge >= 0.3 is 0 Å². The Kier molecular flexibility index (Phi) is 2.09. The fourth-order valence-corrected chi connectivity index (χ4v) is 2.01. The highest BCUT2D eigenvalue weighted by atomic mass is 35.5. The van der Waals surface area contributed by atoms with Gasteiger partial charge < -0.3 is 0 Å². The first-order valence-corrected chi connectivity index (χ1v) is 4.92. The maximum absolute atomic E-state index is 6.05. The number of hydrogen-bond acceptors (Lipinski definition) is 1. The topological polar surface area (TPSA) is 17.8 Å². The molecular formula is C9H13ClN2. The fraction of sp³-hybridized carbons (Fsp3) is 0.667. The maximum atomic E-state index is 6.05. The fourth-order valence-electron chi connectivity index (χ4n) is 1.71. The van der Waals surface area contributed by atoms with Crippen molar-refractivity contribution < 1.29 is 0 Å². The maximum Gasteiger partial charge on any atom is 0.0820 e. The third kappa shape index (κ3) is 1.14. The molecule has 0 aliphatic heterocycles. The molecule has 1 aliphatic rings. The molecule has 0 saturated heterocycles. The van der Waals surface area contributed by atoms with E-state index in [1.54, 1.807) is 6.20 Å². The third-order valence-corrected chi connectivity index (χ3v) is 2.92. The van der Waals surface area contributed by atoms with E-state index in [2.05, 4.69) is 12.0 Å². The van der Waals surface area contributed by atoms with E-state index in [1.165, 1.54) is 25.0 Å². The average Bonchev–Trinajstić information content (AvgIpc) is 2.30. The minimum absolute atomic E-state index is 0.681. The molecule has 0 amide bonds. The van der Waals surface area contributed by atoms with Crippen LogP contribution in [0.1, 0.15) is 37.8 Å². The molecule has 3 heteroatoms. The Hall–Kier alpha value is -0.500. The first kappa shape index (κ1) is 8.11. The normalized spacial score (nSPS) is 17.8. The lowest BCUT2D eigenvalue weighted by Crippen LogP contribution is -2.14. The Balaban J connectivity index is 2.31. The molecule has 1 aromatic rings. The molecule has 0 unspecified atom stereocenters. The highest BCUT2D eigenvalue weighted by Gasteiger charge is 2.25. The van der Waals surface area contributed by atoms with Gasteiger partial charge in [0.15, 0.2) is 0 Å². The van der Waals surface area contributed by atoms with Crippen LogP contribution in [0.3, 0.4) is 0 Å². The van der Waals surface area contributed by atoms with E-state index in [9.17, 15) is 0 Å². The molecule has 0 bridgehead atoms. The van der Waals surface area contributed by atoms with Gasteiger partial charge in [0.2, 0.25) is 0 Å². The molecule has 1 saturated carbocycles. The molecule has 1 aromatic heterocycles. The molecule has 0 aromatic carbocycles. The van der Waals surface area contributed by atoms with E-state index in [-0.39, 0.29) is 0 Å². The lowest BCUT2D eigenvalue weighted by molar-refractivity contribution is 0.391. The van der Waals surface area contributed by atoms with Crippen molar-refractivity contribution in [2.75, 3.05) is 0 Å². The number of aryl methyl sites for hydroxylation is 1. The second kappa shape index (κ2) is 3.09. The van der Waals surface area contributed by atoms with Gasteiger partial charge in [0, 0.05) is 12.5 Å². The molecule has 0 spiro atoms. The van der Waals surface area contributed by atoms with E-state index < -0.39 is 0 Å². The van der Waals surface area contributed by atoms with Gasteiger partial charge in [0.1, 0.15) is 0 Å². The Morgan fingerprint density at radius 3 is 2.92 bits per heavy atom. The van der Waals surface area contributed by atoms with Gasteiger partial charge in [0.25, 0.3) is 0 Å². The first-order valence-electron chi connectivity index (χ1n) is 4.54. The van der Waals surface area contributed by atoms with Crippen molar-refractivity contribution >= 4 is 11.6 Å². The van der Waals surface area contributed by atoms with E-state index in [1.807, 2.05) is 4.68 Å². The smallest absolute Gasteiger partial charge is 0.0820 e. The minimum atomic E-state index is 0.681. The average molecular weight is 185 g/mol. The molecule has 1 fully saturated rings. The van der Waals surface area contributed by atoms with Crippen molar-refractivity contribution in [2.24, 2.45) is 0 Å². The van der Waals surface area contributed by atoms with Crippen molar-refractivity contribution in [1.29, 1.82) is 0 Å². The van der Waals surface area contributed by atoms with Gasteiger partial charge in [-0.3, -0.25) is 4.68 Å². The van der Waals surface area contributed by atoms with Crippen LogP contribution in [-0.4, -0.2) is 9.78 Å². The van der Waals surface area contributed by atoms with E-state index in [4.69, 9.17) is 11.6 Å². The Bertz CT molecular complexity index is 276. The lowest BCUT2D eigenvalue weighted by atomic mass is 9.83. The number of rotatable bonds is 2. The van der Waals surface area contributed by atoms with Crippen molar-refractivity contribution in [3.05, 3.63) is 16.9 Å². The summed E-state index contributed by atoms with van der Waals surface area (Å²) in [6, 6.07) is 0. The number of nitrogens with zero attached hydrogens (tertiary/aromatic N) is 2. The monoisotopic (exact) mass is 184 g/mol. The summed E-state index contributed by atoms with van der Waals surface area (Å²) in [6.45, 7) is 3.03. The Labute approximate surface area is 77.5 Å². The van der Waals surface area contributed by atoms with E-state index in [0.717, 1.165) is 11.6 Å². The van der Waals surface area contributed by atoms with Crippen LogP contribution in [0.2, 0.25) is 5.02 Å². The second-order valence-corrected chi connectivity index (χ2v) is 3.73. The summed E-state index contributed by atoms with van der Waals surface area (Å²) in [5, 5.41) is 5.07. The SMILES string of the molecule is CCn1ncc(Cl)c1C1CCC1. The van der Waals surface area contributed by atoms with Crippen LogP contribution in [-0.2, 0) is 6.54 Å². The zero-order valence-corrected chi connectivity index (χ0v) is 8.01. The third-order valence-electron chi connectivity index (χ3n) is 2.62. The summed E-state index contributed by atoms with van der Waals surface area (Å²) >= 11 is 6.05. The predicted molar refractivity (Wildman–Crippen MR) is 49.5 cm³/mol. The lowest BCUT2D eigenvalue weighted by Gasteiger charge is -2.26. The minimum Gasteiger partial charge on any atom is -0.268 e. The van der Waals surface area contributed by atoms with Gasteiger partial charge in [-0.1, -0.05) is 18.0 Å². The molecule has 12 heavy (non-hydrogen) atoms. The highest BCUT2D eigenvalue weighted by molar-refractivity contribution is 6.31. The van der Waals surface area contributed by atoms with Crippen LogP contribution < -0.4 is 0 Å². The molecule has 1 aliphatic carbocycles. The molecular weight excluding hydrogens is 172 g/mol. The molecule has 0 N–H and O–H groups in total. The van der Waals surface area contributed by atoms with Gasteiger partial charge in [-0.2, -0.15) is 5.10 Å². The molecule has 2 nitrogen and oxygen atoms in total. The van der Waals surface area contributed by atoms with Crippen LogP contribution in [0.4, 0.5) is 0 Å². The molecule has 66 valence electrons. The highest BCUT2D eigenvalue weighted by Crippen LogP contribution is 2.39. The zero-order chi connectivity index (χ0) is 8.55. The first-order chi connectivity index (χ1) is 5.83. The van der Waals surface area contributed by atoms with Crippen LogP contribution in [0.15, 0.2) is 6.20 Å². The van der Waals surface area contributed by atoms with Crippen LogP contribution in [0, 0.1) is 0 Å². The van der Waals surface area contributed by atoms with Crippen LogP contribution >= 0.6 is 11.6 Å². The van der Waals surface area contributed by atoms with E-state index in [0.29, 0.717) is 5.92 Å². The largest absolute Gasteiger partial charge is 0.268 e. The second-order valence-electron chi connectivity index (χ2n) is 3.32. The zero-order valence-electron chi connectivity index (χ0n) is 7.26. The predicted octanol–water partition coefficient (Wildman–Crippen LogP) is 2.82. The quantitative estimate of drug-likeness (QED) is 0.691. The summed E-state index contributed by atoms with van der Waals surface area (Å²) in [5.74, 6) is 0.681. The summed E-state index contributed by atoms with van der Waals surface area (Å²) in [4.78, 5) is 0. The van der Waals surface area contributed by atoms with Crippen molar-refractivity contribution in [3.63, 3.8) is 0 Å². The van der Waals surface area contributed by atoms with Crippen LogP contribution in [0.25, 0.3) is 0 Å². The van der Waals surface area contributed by atoms with Crippen LogP contribution in [0.5, 0.6) is 0 Å². The summed E-state index contributed by atoms with van der Waals surface area (Å²) in [7, 11) is 0. The standard InChI is InChI=1S/C9H13ClN2/c1-2-12-9(7-4-3-5-7)8(10)6-11-12/h6-7H,2-5H2,1H3. The van der Waals surface area contributed by atoms with Crippen molar-refractivity contribution in [3.8, 4) is 0 Å². The Morgan fingerprint density at radius 2 is 2.42 bits per heavy atom. The number of hydrogen-bond donors (Lipinski definition) is 0. The molecule has 2 rings (SSSR count). The van der Waals surface area contributed by atoms with Gasteiger partial charge in [-0.05, 0) is 19.8 Å². The van der Waals surface area contributed by atoms with Crippen molar-refractivity contribution in [2.45, 2.75) is 38.6 Å². The number of halogens is 1. The Morgan fingerprint density at radius 1 is 1.67 bits per heavy atom. The van der Waals surface area contributed by atoms with Gasteiger partial charge in [-0.15, -0.1) is 0 Å². The van der Waals surface area contributed by atoms with Gasteiger partial charge in [-0.25, -0.2) is 0 Å². The molecule has 0 radical (unpaired) electrons. The van der Waals surface area contributed by atoms with E-state index >= 15 is 0 Å². The number of aromatic nitrogens is 2. The van der Waals surface area contributed by atoms with Crippen molar-refractivity contribution in [1.82, 2.24) is 9.78 Å². The molecule has 1 heterocycles. The van der Waals surface area contributed by atoms with Gasteiger partial charge in [0.05, 0.1) is 16.9 Å². The molecule has 0 atom stereocenters. The summed E-state index contributed by atoms with van der Waals surface area (Å²) < 4.78 is 2.02.